The number of nitriles is 1. The number of halogens is 2. The second-order valence-corrected chi connectivity index (χ2v) is 5.75. The molecule has 0 radical (unpaired) electrons. The van der Waals surface area contributed by atoms with Gasteiger partial charge in [-0.2, -0.15) is 5.26 Å². The highest BCUT2D eigenvalue weighted by molar-refractivity contribution is 9.10. The van der Waals surface area contributed by atoms with Crippen LogP contribution >= 0.6 is 31.9 Å². The Morgan fingerprint density at radius 1 is 1.10 bits per heavy atom. The van der Waals surface area contributed by atoms with Gasteiger partial charge in [0, 0.05) is 17.1 Å². The standard InChI is InChI=1S/C16H10Br2N2/c17-9-11-4-6-12(7-5-11)15-13(10-19)14-3-1-2-8-20(14)16(15)18/h1-8H,9H2. The van der Waals surface area contributed by atoms with Crippen molar-refractivity contribution >= 4 is 37.4 Å². The van der Waals surface area contributed by atoms with Crippen molar-refractivity contribution in [1.82, 2.24) is 4.40 Å². The molecule has 0 fully saturated rings. The van der Waals surface area contributed by atoms with Gasteiger partial charge in [-0.1, -0.05) is 46.3 Å². The van der Waals surface area contributed by atoms with E-state index in [1.165, 1.54) is 5.56 Å². The molecule has 98 valence electrons. The SMILES string of the molecule is N#Cc1c(-c2ccc(CBr)cc2)c(Br)n2ccccc12. The van der Waals surface area contributed by atoms with E-state index in [1.807, 2.05) is 28.8 Å². The summed E-state index contributed by atoms with van der Waals surface area (Å²) in [6.07, 6.45) is 1.95. The number of nitrogens with zero attached hydrogens (tertiary/aromatic N) is 2. The minimum absolute atomic E-state index is 0.698. The molecule has 2 nitrogen and oxygen atoms in total. The van der Waals surface area contributed by atoms with E-state index in [0.717, 1.165) is 26.6 Å². The molecular weight excluding hydrogens is 380 g/mol. The molecule has 0 aliphatic heterocycles. The molecule has 0 saturated carbocycles. The minimum atomic E-state index is 0.698. The molecule has 1 aromatic carbocycles. The van der Waals surface area contributed by atoms with E-state index in [-0.39, 0.29) is 0 Å². The maximum atomic E-state index is 9.50. The lowest BCUT2D eigenvalue weighted by molar-refractivity contribution is 1.16. The largest absolute Gasteiger partial charge is 0.309 e. The third-order valence-electron chi connectivity index (χ3n) is 3.29. The Labute approximate surface area is 133 Å². The number of pyridine rings is 1. The number of hydrogen-bond acceptors (Lipinski definition) is 1. The molecule has 2 aromatic heterocycles. The topological polar surface area (TPSA) is 28.2 Å². The van der Waals surface area contributed by atoms with E-state index in [9.17, 15) is 5.26 Å². The van der Waals surface area contributed by atoms with Gasteiger partial charge >= 0.3 is 0 Å². The highest BCUT2D eigenvalue weighted by atomic mass is 79.9. The first-order valence-corrected chi connectivity index (χ1v) is 8.01. The van der Waals surface area contributed by atoms with Gasteiger partial charge in [-0.25, -0.2) is 0 Å². The van der Waals surface area contributed by atoms with Gasteiger partial charge in [-0.15, -0.1) is 0 Å². The first-order valence-electron chi connectivity index (χ1n) is 6.10. The summed E-state index contributed by atoms with van der Waals surface area (Å²) in [6.45, 7) is 0. The lowest BCUT2D eigenvalue weighted by Crippen LogP contribution is -1.83. The van der Waals surface area contributed by atoms with Crippen molar-refractivity contribution in [2.24, 2.45) is 0 Å². The summed E-state index contributed by atoms with van der Waals surface area (Å²) in [5, 5.41) is 10.3. The third-order valence-corrected chi connectivity index (χ3v) is 4.72. The molecule has 2 heterocycles. The Morgan fingerprint density at radius 3 is 2.50 bits per heavy atom. The molecule has 0 N–H and O–H groups in total. The van der Waals surface area contributed by atoms with Crippen molar-refractivity contribution in [2.75, 3.05) is 0 Å². The lowest BCUT2D eigenvalue weighted by Gasteiger charge is -2.02. The summed E-state index contributed by atoms with van der Waals surface area (Å²) in [7, 11) is 0. The predicted molar refractivity (Wildman–Crippen MR) is 87.9 cm³/mol. The molecule has 0 atom stereocenters. The number of rotatable bonds is 2. The fourth-order valence-electron chi connectivity index (χ4n) is 2.31. The fourth-order valence-corrected chi connectivity index (χ4v) is 3.42. The van der Waals surface area contributed by atoms with Gasteiger partial charge in [0.2, 0.25) is 0 Å². The summed E-state index contributed by atoms with van der Waals surface area (Å²) < 4.78 is 2.91. The van der Waals surface area contributed by atoms with Crippen molar-refractivity contribution in [3.8, 4) is 17.2 Å². The molecule has 20 heavy (non-hydrogen) atoms. The zero-order valence-corrected chi connectivity index (χ0v) is 13.6. The molecule has 0 amide bonds. The molecule has 0 aliphatic rings. The number of alkyl halides is 1. The highest BCUT2D eigenvalue weighted by Crippen LogP contribution is 2.36. The van der Waals surface area contributed by atoms with Crippen LogP contribution in [0.5, 0.6) is 0 Å². The molecule has 0 bridgehead atoms. The Morgan fingerprint density at radius 2 is 1.85 bits per heavy atom. The van der Waals surface area contributed by atoms with Crippen LogP contribution in [0.2, 0.25) is 0 Å². The maximum Gasteiger partial charge on any atom is 0.102 e. The first kappa shape index (κ1) is 13.4. The summed E-state index contributed by atoms with van der Waals surface area (Å²) in [5.41, 5.74) is 4.82. The van der Waals surface area contributed by atoms with E-state index in [4.69, 9.17) is 0 Å². The molecule has 0 aliphatic carbocycles. The van der Waals surface area contributed by atoms with E-state index >= 15 is 0 Å². The smallest absolute Gasteiger partial charge is 0.102 e. The Balaban J connectivity index is 2.30. The normalized spacial score (nSPS) is 10.7. The quantitative estimate of drug-likeness (QED) is 0.558. The van der Waals surface area contributed by atoms with Crippen LogP contribution in [-0.4, -0.2) is 4.40 Å². The molecule has 3 aromatic rings. The molecule has 4 heteroatoms. The van der Waals surface area contributed by atoms with Crippen molar-refractivity contribution in [2.45, 2.75) is 5.33 Å². The summed E-state index contributed by atoms with van der Waals surface area (Å²) >= 11 is 7.06. The van der Waals surface area contributed by atoms with Crippen molar-refractivity contribution in [1.29, 1.82) is 5.26 Å². The molecule has 0 unspecified atom stereocenters. The van der Waals surface area contributed by atoms with E-state index < -0.39 is 0 Å². The van der Waals surface area contributed by atoms with Gasteiger partial charge in [-0.3, -0.25) is 0 Å². The maximum absolute atomic E-state index is 9.50. The Bertz CT molecular complexity index is 811. The summed E-state index contributed by atoms with van der Waals surface area (Å²) in [5.74, 6) is 0. The number of fused-ring (bicyclic) bond motifs is 1. The van der Waals surface area contributed by atoms with Gasteiger partial charge in [-0.05, 0) is 39.2 Å². The second-order valence-electron chi connectivity index (χ2n) is 4.44. The second kappa shape index (κ2) is 5.43. The van der Waals surface area contributed by atoms with Gasteiger partial charge in [0.25, 0.3) is 0 Å². The van der Waals surface area contributed by atoms with Gasteiger partial charge < -0.3 is 4.40 Å². The van der Waals surface area contributed by atoms with Crippen LogP contribution in [0.1, 0.15) is 11.1 Å². The number of benzene rings is 1. The van der Waals surface area contributed by atoms with Crippen LogP contribution in [-0.2, 0) is 5.33 Å². The van der Waals surface area contributed by atoms with Crippen LogP contribution in [0.4, 0.5) is 0 Å². The van der Waals surface area contributed by atoms with E-state index in [0.29, 0.717) is 5.56 Å². The van der Waals surface area contributed by atoms with Gasteiger partial charge in [0.05, 0.1) is 15.7 Å². The zero-order chi connectivity index (χ0) is 14.1. The van der Waals surface area contributed by atoms with Crippen LogP contribution in [0.3, 0.4) is 0 Å². The Hall–Kier alpha value is -1.57. The Kier molecular flexibility index (Phi) is 3.64. The monoisotopic (exact) mass is 388 g/mol. The van der Waals surface area contributed by atoms with Crippen molar-refractivity contribution in [3.05, 3.63) is 64.4 Å². The average Bonchev–Trinajstić information content (AvgIpc) is 2.80. The first-order chi connectivity index (χ1) is 9.76. The highest BCUT2D eigenvalue weighted by Gasteiger charge is 2.17. The predicted octanol–water partition coefficient (Wildman–Crippen LogP) is 5.14. The minimum Gasteiger partial charge on any atom is -0.309 e. The zero-order valence-electron chi connectivity index (χ0n) is 10.5. The molecule has 0 saturated heterocycles. The van der Waals surface area contributed by atoms with Crippen LogP contribution in [0.25, 0.3) is 16.6 Å². The summed E-state index contributed by atoms with van der Waals surface area (Å²) in [4.78, 5) is 0. The lowest BCUT2D eigenvalue weighted by atomic mass is 10.0. The van der Waals surface area contributed by atoms with Crippen LogP contribution < -0.4 is 0 Å². The van der Waals surface area contributed by atoms with Crippen molar-refractivity contribution < 1.29 is 0 Å². The third kappa shape index (κ3) is 2.07. The molecular formula is C16H10Br2N2. The van der Waals surface area contributed by atoms with Crippen molar-refractivity contribution in [3.63, 3.8) is 0 Å². The van der Waals surface area contributed by atoms with Gasteiger partial charge in [0.1, 0.15) is 6.07 Å². The average molecular weight is 390 g/mol. The molecule has 0 spiro atoms. The number of hydrogen-bond donors (Lipinski definition) is 0. The number of aromatic nitrogens is 1. The van der Waals surface area contributed by atoms with E-state index in [2.05, 4.69) is 62.2 Å². The van der Waals surface area contributed by atoms with Gasteiger partial charge in [0.15, 0.2) is 0 Å². The molecule has 3 rings (SSSR count). The summed E-state index contributed by atoms with van der Waals surface area (Å²) in [6, 6.07) is 16.4. The van der Waals surface area contributed by atoms with Crippen LogP contribution in [0, 0.1) is 11.3 Å². The van der Waals surface area contributed by atoms with E-state index in [1.54, 1.807) is 0 Å². The fraction of sp³-hybridized carbons (Fsp3) is 0.0625. The van der Waals surface area contributed by atoms with Crippen LogP contribution in [0.15, 0.2) is 53.3 Å².